The van der Waals surface area contributed by atoms with Gasteiger partial charge in [-0.15, -0.1) is 0 Å². The zero-order valence-electron chi connectivity index (χ0n) is 24.9. The fourth-order valence-electron chi connectivity index (χ4n) is 5.34. The van der Waals surface area contributed by atoms with E-state index in [2.05, 4.69) is 5.32 Å². The Kier molecular flexibility index (Phi) is 8.98. The number of fused-ring (bicyclic) bond motifs is 1. The molecule has 4 rings (SSSR count). The summed E-state index contributed by atoms with van der Waals surface area (Å²) in [6.45, 7) is 11.2. The van der Waals surface area contributed by atoms with Gasteiger partial charge in [-0.25, -0.2) is 18.4 Å². The average molecular weight is 588 g/mol. The summed E-state index contributed by atoms with van der Waals surface area (Å²) in [6, 6.07) is 10.4. The molecule has 2 aromatic rings. The molecule has 2 aliphatic heterocycles. The molecule has 0 bridgehead atoms. The van der Waals surface area contributed by atoms with E-state index in [1.165, 1.54) is 11.0 Å². The molecule has 2 saturated heterocycles. The fourth-order valence-corrected chi connectivity index (χ4v) is 5.34. The van der Waals surface area contributed by atoms with Crippen LogP contribution in [0.4, 0.5) is 18.4 Å². The molecule has 11 heteroatoms. The van der Waals surface area contributed by atoms with E-state index in [0.29, 0.717) is 13.0 Å². The molecule has 0 saturated carbocycles. The van der Waals surface area contributed by atoms with Crippen molar-refractivity contribution in [1.82, 2.24) is 15.1 Å². The summed E-state index contributed by atoms with van der Waals surface area (Å²) >= 11 is 0. The summed E-state index contributed by atoms with van der Waals surface area (Å²) in [5.41, 5.74) is -0.638. The maximum atomic E-state index is 14.1. The number of rotatable bonds is 6. The fraction of sp³-hybridized carbons (Fsp3) is 0.516. The molecule has 2 heterocycles. The van der Waals surface area contributed by atoms with Gasteiger partial charge >= 0.3 is 12.2 Å². The monoisotopic (exact) mass is 587 g/mol. The van der Waals surface area contributed by atoms with Gasteiger partial charge in [0, 0.05) is 12.6 Å². The summed E-state index contributed by atoms with van der Waals surface area (Å²) in [4.78, 5) is 43.2. The van der Waals surface area contributed by atoms with E-state index in [9.17, 15) is 23.2 Å². The maximum Gasteiger partial charge on any atom is 0.410 e. The van der Waals surface area contributed by atoms with E-state index in [1.807, 2.05) is 51.1 Å². The largest absolute Gasteiger partial charge is 0.486 e. The van der Waals surface area contributed by atoms with Gasteiger partial charge in [-0.1, -0.05) is 51.1 Å². The quantitative estimate of drug-likeness (QED) is 0.495. The standard InChI is InChI=1S/C31H39F2N3O6/c1-30(2,3)26(34-28(38)40-18-19-10-8-7-9-11-19)27(37)35-15-14-23-25(35)24(17-36(23)29(39)42-31(4,5)6)41-20-12-13-21(32)22(33)16-20/h7-13,16,23-26H,14-15,17-18H2,1-6H3,(H,34,38)/t23-,24+,25+,26-/m1/s1. The van der Waals surface area contributed by atoms with Crippen molar-refractivity contribution >= 4 is 18.1 Å². The second-order valence-corrected chi connectivity index (χ2v) is 12.7. The van der Waals surface area contributed by atoms with E-state index in [1.54, 1.807) is 25.7 Å². The van der Waals surface area contributed by atoms with Crippen LogP contribution in [0.5, 0.6) is 5.75 Å². The summed E-state index contributed by atoms with van der Waals surface area (Å²) in [5.74, 6) is -2.39. The summed E-state index contributed by atoms with van der Waals surface area (Å²) < 4.78 is 44.7. The zero-order valence-corrected chi connectivity index (χ0v) is 24.9. The topological polar surface area (TPSA) is 97.4 Å². The van der Waals surface area contributed by atoms with Gasteiger partial charge in [0.05, 0.1) is 18.6 Å². The number of carbonyl (C=O) groups is 3. The van der Waals surface area contributed by atoms with Crippen molar-refractivity contribution in [2.75, 3.05) is 13.1 Å². The van der Waals surface area contributed by atoms with Crippen LogP contribution >= 0.6 is 0 Å². The normalized spacial score (nSPS) is 21.0. The number of nitrogens with zero attached hydrogens (tertiary/aromatic N) is 2. The molecule has 228 valence electrons. The lowest BCUT2D eigenvalue weighted by Crippen LogP contribution is -2.58. The van der Waals surface area contributed by atoms with Crippen LogP contribution in [0.3, 0.4) is 0 Å². The highest BCUT2D eigenvalue weighted by Crippen LogP contribution is 2.37. The van der Waals surface area contributed by atoms with E-state index < -0.39 is 59.1 Å². The van der Waals surface area contributed by atoms with Crippen LogP contribution in [0.25, 0.3) is 0 Å². The number of likely N-dealkylation sites (tertiary alicyclic amines) is 2. The Morgan fingerprint density at radius 1 is 0.976 bits per heavy atom. The molecule has 4 atom stereocenters. The van der Waals surface area contributed by atoms with Gasteiger partial charge in [0.25, 0.3) is 0 Å². The third kappa shape index (κ3) is 7.30. The van der Waals surface area contributed by atoms with Crippen molar-refractivity contribution in [3.8, 4) is 5.75 Å². The summed E-state index contributed by atoms with van der Waals surface area (Å²) in [6.07, 6.45) is -1.61. The van der Waals surface area contributed by atoms with Crippen LogP contribution in [0.2, 0.25) is 0 Å². The van der Waals surface area contributed by atoms with Crippen LogP contribution < -0.4 is 10.1 Å². The van der Waals surface area contributed by atoms with Crippen LogP contribution in [0, 0.1) is 17.0 Å². The van der Waals surface area contributed by atoms with Gasteiger partial charge in [0.2, 0.25) is 5.91 Å². The molecular weight excluding hydrogens is 548 g/mol. The SMILES string of the molecule is CC(C)(C)OC(=O)N1C[C@H](Oc2ccc(F)c(F)c2)[C@@H]2[C@H]1CCN2C(=O)[C@@H](NC(=O)OCc1ccccc1)C(C)(C)C. The molecular formula is C31H39F2N3O6. The zero-order chi connectivity index (χ0) is 30.8. The second kappa shape index (κ2) is 12.1. The number of amides is 3. The molecule has 2 fully saturated rings. The first-order chi connectivity index (χ1) is 19.6. The number of hydrogen-bond acceptors (Lipinski definition) is 6. The average Bonchev–Trinajstić information content (AvgIpc) is 3.48. The van der Waals surface area contributed by atoms with Crippen molar-refractivity contribution < 1.29 is 37.4 Å². The molecule has 0 unspecified atom stereocenters. The Bertz CT molecular complexity index is 1290. The minimum absolute atomic E-state index is 0.0428. The highest BCUT2D eigenvalue weighted by atomic mass is 19.2. The van der Waals surface area contributed by atoms with Crippen LogP contribution in [0.1, 0.15) is 53.5 Å². The van der Waals surface area contributed by atoms with Crippen molar-refractivity contribution in [1.29, 1.82) is 0 Å². The molecule has 2 aromatic carbocycles. The number of benzene rings is 2. The third-order valence-electron chi connectivity index (χ3n) is 7.26. The number of ether oxygens (including phenoxy) is 3. The Morgan fingerprint density at radius 3 is 2.29 bits per heavy atom. The van der Waals surface area contributed by atoms with Crippen LogP contribution in [0.15, 0.2) is 48.5 Å². The van der Waals surface area contributed by atoms with Crippen molar-refractivity contribution in [3.63, 3.8) is 0 Å². The minimum atomic E-state index is -1.07. The Hall–Kier alpha value is -3.89. The highest BCUT2D eigenvalue weighted by Gasteiger charge is 2.55. The molecule has 2 aliphatic rings. The molecule has 0 aliphatic carbocycles. The lowest BCUT2D eigenvalue weighted by atomic mass is 9.85. The smallest absolute Gasteiger partial charge is 0.410 e. The Morgan fingerprint density at radius 2 is 1.67 bits per heavy atom. The minimum Gasteiger partial charge on any atom is -0.486 e. The predicted molar refractivity (Wildman–Crippen MR) is 151 cm³/mol. The van der Waals surface area contributed by atoms with Gasteiger partial charge in [0.15, 0.2) is 11.6 Å². The lowest BCUT2D eigenvalue weighted by molar-refractivity contribution is -0.138. The van der Waals surface area contributed by atoms with Gasteiger partial charge < -0.3 is 24.4 Å². The number of alkyl carbamates (subject to hydrolysis) is 1. The van der Waals surface area contributed by atoms with E-state index in [0.717, 1.165) is 17.7 Å². The van der Waals surface area contributed by atoms with Crippen molar-refractivity contribution in [2.45, 2.75) is 84.4 Å². The number of halogens is 2. The van der Waals surface area contributed by atoms with Gasteiger partial charge in [-0.2, -0.15) is 0 Å². The van der Waals surface area contributed by atoms with Gasteiger partial charge in [-0.3, -0.25) is 9.69 Å². The maximum absolute atomic E-state index is 14.1. The number of hydrogen-bond donors (Lipinski definition) is 1. The van der Waals surface area contributed by atoms with E-state index >= 15 is 0 Å². The molecule has 3 amide bonds. The molecule has 42 heavy (non-hydrogen) atoms. The molecule has 0 aromatic heterocycles. The number of nitrogens with one attached hydrogen (secondary N) is 1. The van der Waals surface area contributed by atoms with Crippen molar-refractivity contribution in [2.24, 2.45) is 5.41 Å². The van der Waals surface area contributed by atoms with Crippen LogP contribution in [-0.4, -0.2) is 70.8 Å². The first-order valence-electron chi connectivity index (χ1n) is 14.0. The molecule has 0 spiro atoms. The Labute approximate surface area is 245 Å². The first-order valence-corrected chi connectivity index (χ1v) is 14.0. The molecule has 1 N–H and O–H groups in total. The first kappa shape index (κ1) is 31.1. The third-order valence-corrected chi connectivity index (χ3v) is 7.26. The van der Waals surface area contributed by atoms with Crippen molar-refractivity contribution in [3.05, 3.63) is 65.7 Å². The summed E-state index contributed by atoms with van der Waals surface area (Å²) in [7, 11) is 0. The predicted octanol–water partition coefficient (Wildman–Crippen LogP) is 5.27. The van der Waals surface area contributed by atoms with E-state index in [4.69, 9.17) is 14.2 Å². The second-order valence-electron chi connectivity index (χ2n) is 12.7. The molecule has 9 nitrogen and oxygen atoms in total. The van der Waals surface area contributed by atoms with Gasteiger partial charge in [0.1, 0.15) is 30.1 Å². The van der Waals surface area contributed by atoms with Crippen LogP contribution in [-0.2, 0) is 20.9 Å². The van der Waals surface area contributed by atoms with Gasteiger partial charge in [-0.05, 0) is 50.3 Å². The molecule has 0 radical (unpaired) electrons. The van der Waals surface area contributed by atoms with E-state index in [-0.39, 0.29) is 24.8 Å². The highest BCUT2D eigenvalue weighted by molar-refractivity contribution is 5.87. The number of carbonyl (C=O) groups excluding carboxylic acids is 3. The lowest BCUT2D eigenvalue weighted by Gasteiger charge is -2.36. The Balaban J connectivity index is 1.56. The summed E-state index contributed by atoms with van der Waals surface area (Å²) in [5, 5.41) is 2.74.